The third-order valence-electron chi connectivity index (χ3n) is 2.32. The molecule has 0 saturated carbocycles. The molecule has 1 atom stereocenters. The van der Waals surface area contributed by atoms with Gasteiger partial charge in [-0.25, -0.2) is 8.42 Å². The average Bonchev–Trinajstić information content (AvgIpc) is 2.33. The van der Waals surface area contributed by atoms with Crippen LogP contribution >= 0.6 is 0 Å². The molecule has 1 aromatic rings. The molecular formula is C12H19NO4S. The highest BCUT2D eigenvalue weighted by Gasteiger charge is 2.07. The molecule has 0 heterocycles. The first-order chi connectivity index (χ1) is 8.43. The van der Waals surface area contributed by atoms with Gasteiger partial charge in [0.15, 0.2) is 9.84 Å². The Morgan fingerprint density at radius 2 is 1.94 bits per heavy atom. The van der Waals surface area contributed by atoms with E-state index in [1.165, 1.54) is 12.1 Å². The van der Waals surface area contributed by atoms with E-state index in [9.17, 15) is 13.5 Å². The van der Waals surface area contributed by atoms with Crippen LogP contribution in [0.25, 0.3) is 0 Å². The molecule has 6 heteroatoms. The molecule has 0 saturated heterocycles. The van der Waals surface area contributed by atoms with Crippen LogP contribution in [-0.2, 0) is 9.84 Å². The smallest absolute Gasteiger partial charge is 0.175 e. The first-order valence-corrected chi connectivity index (χ1v) is 7.64. The second kappa shape index (κ2) is 6.72. The van der Waals surface area contributed by atoms with Crippen LogP contribution in [0.5, 0.6) is 5.75 Å². The molecule has 1 rings (SSSR count). The van der Waals surface area contributed by atoms with Crippen molar-refractivity contribution in [1.29, 1.82) is 0 Å². The van der Waals surface area contributed by atoms with Gasteiger partial charge in [-0.3, -0.25) is 0 Å². The summed E-state index contributed by atoms with van der Waals surface area (Å²) in [5.41, 5.74) is 0. The number of aliphatic hydroxyl groups is 1. The molecule has 102 valence electrons. The monoisotopic (exact) mass is 273 g/mol. The normalized spacial score (nSPS) is 13.3. The fourth-order valence-corrected chi connectivity index (χ4v) is 1.98. The number of hydrogen-bond acceptors (Lipinski definition) is 5. The van der Waals surface area contributed by atoms with Gasteiger partial charge < -0.3 is 15.2 Å². The summed E-state index contributed by atoms with van der Waals surface area (Å²) in [6.07, 6.45) is 0.572. The molecule has 0 spiro atoms. The highest BCUT2D eigenvalue weighted by Crippen LogP contribution is 2.15. The van der Waals surface area contributed by atoms with Crippen molar-refractivity contribution >= 4 is 9.84 Å². The number of hydrogen-bond donors (Lipinski definition) is 2. The summed E-state index contributed by atoms with van der Waals surface area (Å²) in [5, 5.41) is 12.5. The fourth-order valence-electron chi connectivity index (χ4n) is 1.35. The molecule has 0 fully saturated rings. The number of benzene rings is 1. The Labute approximate surface area is 108 Å². The van der Waals surface area contributed by atoms with Crippen LogP contribution in [-0.4, -0.2) is 45.6 Å². The van der Waals surface area contributed by atoms with Gasteiger partial charge in [0.1, 0.15) is 18.5 Å². The molecule has 0 aliphatic rings. The van der Waals surface area contributed by atoms with Crippen molar-refractivity contribution in [2.24, 2.45) is 0 Å². The van der Waals surface area contributed by atoms with Gasteiger partial charge in [-0.2, -0.15) is 0 Å². The first-order valence-electron chi connectivity index (χ1n) is 5.75. The van der Waals surface area contributed by atoms with Crippen molar-refractivity contribution in [3.8, 4) is 5.75 Å². The summed E-state index contributed by atoms with van der Waals surface area (Å²) in [6, 6.07) is 6.13. The van der Waals surface area contributed by atoms with E-state index in [0.29, 0.717) is 12.3 Å². The summed E-state index contributed by atoms with van der Waals surface area (Å²) in [7, 11) is -3.18. The van der Waals surface area contributed by atoms with E-state index in [1.54, 1.807) is 12.1 Å². The van der Waals surface area contributed by atoms with Gasteiger partial charge >= 0.3 is 0 Å². The molecule has 0 bridgehead atoms. The standard InChI is InChI=1S/C12H19NO4S/c1-3-13-8-10(14)9-17-11-4-6-12(7-5-11)18(2,15)16/h4-7,10,13-14H,3,8-9H2,1-2H3. The van der Waals surface area contributed by atoms with Gasteiger partial charge in [0.05, 0.1) is 4.90 Å². The fraction of sp³-hybridized carbons (Fsp3) is 0.500. The van der Waals surface area contributed by atoms with E-state index in [0.717, 1.165) is 12.8 Å². The summed E-state index contributed by atoms with van der Waals surface area (Å²) in [4.78, 5) is 0.253. The van der Waals surface area contributed by atoms with Gasteiger partial charge in [-0.15, -0.1) is 0 Å². The minimum Gasteiger partial charge on any atom is -0.491 e. The van der Waals surface area contributed by atoms with Crippen molar-refractivity contribution < 1.29 is 18.3 Å². The summed E-state index contributed by atoms with van der Waals surface area (Å²) < 4.78 is 27.8. The minimum absolute atomic E-state index is 0.172. The third-order valence-corrected chi connectivity index (χ3v) is 3.45. The molecule has 2 N–H and O–H groups in total. The number of ether oxygens (including phenoxy) is 1. The van der Waals surface area contributed by atoms with Crippen LogP contribution in [0.1, 0.15) is 6.92 Å². The van der Waals surface area contributed by atoms with Crippen molar-refractivity contribution in [1.82, 2.24) is 5.32 Å². The lowest BCUT2D eigenvalue weighted by molar-refractivity contribution is 0.107. The second-order valence-electron chi connectivity index (χ2n) is 4.02. The average molecular weight is 273 g/mol. The summed E-state index contributed by atoms with van der Waals surface area (Å²) in [6.45, 7) is 3.39. The van der Waals surface area contributed by atoms with E-state index in [4.69, 9.17) is 4.74 Å². The predicted molar refractivity (Wildman–Crippen MR) is 69.6 cm³/mol. The van der Waals surface area contributed by atoms with E-state index < -0.39 is 15.9 Å². The lowest BCUT2D eigenvalue weighted by Crippen LogP contribution is -2.31. The molecule has 1 aromatic carbocycles. The zero-order valence-electron chi connectivity index (χ0n) is 10.6. The Kier molecular flexibility index (Phi) is 5.58. The van der Waals surface area contributed by atoms with Crippen LogP contribution in [0.3, 0.4) is 0 Å². The molecule has 0 amide bonds. The number of likely N-dealkylation sites (N-methyl/N-ethyl adjacent to an activating group) is 1. The van der Waals surface area contributed by atoms with E-state index >= 15 is 0 Å². The second-order valence-corrected chi connectivity index (χ2v) is 6.03. The Morgan fingerprint density at radius 3 is 2.44 bits per heavy atom. The number of rotatable bonds is 7. The predicted octanol–water partition coefficient (Wildman–Crippen LogP) is 0.439. The number of aliphatic hydroxyl groups excluding tert-OH is 1. The Morgan fingerprint density at radius 1 is 1.33 bits per heavy atom. The van der Waals surface area contributed by atoms with Crippen LogP contribution in [0, 0.1) is 0 Å². The summed E-state index contributed by atoms with van der Waals surface area (Å²) >= 11 is 0. The van der Waals surface area contributed by atoms with Gasteiger partial charge in [-0.1, -0.05) is 6.92 Å². The quantitative estimate of drug-likeness (QED) is 0.754. The van der Waals surface area contributed by atoms with Crippen molar-refractivity contribution in [2.45, 2.75) is 17.9 Å². The zero-order valence-corrected chi connectivity index (χ0v) is 11.4. The maximum Gasteiger partial charge on any atom is 0.175 e. The molecule has 0 aromatic heterocycles. The van der Waals surface area contributed by atoms with E-state index in [2.05, 4.69) is 5.32 Å². The van der Waals surface area contributed by atoms with Crippen LogP contribution in [0.4, 0.5) is 0 Å². The van der Waals surface area contributed by atoms with Crippen LogP contribution < -0.4 is 10.1 Å². The molecule has 1 unspecified atom stereocenters. The third kappa shape index (κ3) is 5.03. The van der Waals surface area contributed by atoms with Crippen molar-refractivity contribution in [2.75, 3.05) is 26.0 Å². The van der Waals surface area contributed by atoms with Gasteiger partial charge in [0, 0.05) is 12.8 Å². The van der Waals surface area contributed by atoms with Gasteiger partial charge in [0.25, 0.3) is 0 Å². The molecular weight excluding hydrogens is 254 g/mol. The van der Waals surface area contributed by atoms with E-state index in [1.807, 2.05) is 6.92 Å². The van der Waals surface area contributed by atoms with Crippen LogP contribution in [0.2, 0.25) is 0 Å². The number of nitrogens with one attached hydrogen (secondary N) is 1. The van der Waals surface area contributed by atoms with E-state index in [-0.39, 0.29) is 11.5 Å². The number of sulfone groups is 1. The summed E-state index contributed by atoms with van der Waals surface area (Å²) in [5.74, 6) is 0.540. The highest BCUT2D eigenvalue weighted by atomic mass is 32.2. The Hall–Kier alpha value is -1.11. The lowest BCUT2D eigenvalue weighted by atomic mass is 10.3. The molecule has 0 aliphatic heterocycles. The molecule has 0 aliphatic carbocycles. The maximum absolute atomic E-state index is 11.2. The van der Waals surface area contributed by atoms with Crippen molar-refractivity contribution in [3.05, 3.63) is 24.3 Å². The largest absolute Gasteiger partial charge is 0.491 e. The van der Waals surface area contributed by atoms with Gasteiger partial charge in [0.2, 0.25) is 0 Å². The molecule has 18 heavy (non-hydrogen) atoms. The topological polar surface area (TPSA) is 75.6 Å². The Bertz CT molecular complexity index is 455. The Balaban J connectivity index is 2.49. The highest BCUT2D eigenvalue weighted by molar-refractivity contribution is 7.90. The SMILES string of the molecule is CCNCC(O)COc1ccc(S(C)(=O)=O)cc1. The zero-order chi connectivity index (χ0) is 13.6. The first kappa shape index (κ1) is 14.9. The molecule has 0 radical (unpaired) electrons. The minimum atomic E-state index is -3.18. The molecule has 5 nitrogen and oxygen atoms in total. The van der Waals surface area contributed by atoms with Crippen LogP contribution in [0.15, 0.2) is 29.2 Å². The maximum atomic E-state index is 11.2. The van der Waals surface area contributed by atoms with Gasteiger partial charge in [-0.05, 0) is 30.8 Å². The lowest BCUT2D eigenvalue weighted by Gasteiger charge is -2.12. The van der Waals surface area contributed by atoms with Crippen molar-refractivity contribution in [3.63, 3.8) is 0 Å².